The number of nitrogens with zero attached hydrogens (tertiary/aromatic N) is 2. The molecule has 2 aliphatic rings. The lowest BCUT2D eigenvalue weighted by Crippen LogP contribution is -2.38. The summed E-state index contributed by atoms with van der Waals surface area (Å²) in [6.45, 7) is 4.14. The van der Waals surface area contributed by atoms with Crippen LogP contribution in [0.1, 0.15) is 53.0 Å². The SMILES string of the molecule is CCN(CC)S(=O)(=O)c1c(O)c(O)c(OC)c2c1CCN(C)[C@H]2C1OC(=O)c2c1ccc(OC)c2OC. The maximum Gasteiger partial charge on any atom is 0.343 e. The molecule has 0 spiro atoms. The summed E-state index contributed by atoms with van der Waals surface area (Å²) < 4.78 is 50.6. The third kappa shape index (κ3) is 3.94. The summed E-state index contributed by atoms with van der Waals surface area (Å²) in [5.74, 6) is -1.55. The second-order valence-corrected chi connectivity index (χ2v) is 10.7. The fourth-order valence-electron chi connectivity index (χ4n) is 5.38. The Kier molecular flexibility index (Phi) is 7.19. The molecule has 2 heterocycles. The Balaban J connectivity index is 2.01. The Labute approximate surface area is 216 Å². The van der Waals surface area contributed by atoms with Gasteiger partial charge in [-0.3, -0.25) is 4.90 Å². The Hall–Kier alpha value is -3.22. The Morgan fingerprint density at radius 1 is 1.05 bits per heavy atom. The summed E-state index contributed by atoms with van der Waals surface area (Å²) in [6, 6.07) is 2.63. The van der Waals surface area contributed by atoms with Crippen molar-refractivity contribution >= 4 is 16.0 Å². The van der Waals surface area contributed by atoms with E-state index in [2.05, 4.69) is 0 Å². The molecule has 4 rings (SSSR count). The lowest BCUT2D eigenvalue weighted by atomic mass is 9.85. The van der Waals surface area contributed by atoms with E-state index >= 15 is 0 Å². The number of carbonyl (C=O) groups is 1. The molecule has 12 heteroatoms. The molecule has 0 radical (unpaired) electrons. The molecule has 0 saturated carbocycles. The summed E-state index contributed by atoms with van der Waals surface area (Å²) >= 11 is 0. The van der Waals surface area contributed by atoms with Gasteiger partial charge in [0.15, 0.2) is 23.0 Å². The number of phenolic OH excluding ortho intramolecular Hbond substituents is 2. The number of hydrogen-bond acceptors (Lipinski definition) is 10. The first-order valence-corrected chi connectivity index (χ1v) is 13.3. The third-order valence-electron chi connectivity index (χ3n) is 7.10. The van der Waals surface area contributed by atoms with Crippen LogP contribution in [0.3, 0.4) is 0 Å². The molecule has 0 amide bonds. The molecule has 0 fully saturated rings. The maximum atomic E-state index is 13.6. The lowest BCUT2D eigenvalue weighted by molar-refractivity contribution is 0.00847. The molecular weight excluding hydrogens is 504 g/mol. The average Bonchev–Trinajstić information content (AvgIpc) is 3.20. The van der Waals surface area contributed by atoms with Crippen molar-refractivity contribution in [3.63, 3.8) is 0 Å². The molecule has 0 saturated heterocycles. The highest BCUT2D eigenvalue weighted by molar-refractivity contribution is 7.89. The van der Waals surface area contributed by atoms with E-state index in [0.717, 1.165) is 0 Å². The van der Waals surface area contributed by atoms with E-state index in [1.54, 1.807) is 26.0 Å². The number of sulfonamides is 1. The van der Waals surface area contributed by atoms with Crippen LogP contribution >= 0.6 is 0 Å². The number of rotatable bonds is 8. The first-order valence-electron chi connectivity index (χ1n) is 11.9. The monoisotopic (exact) mass is 536 g/mol. The number of benzene rings is 2. The molecule has 2 atom stereocenters. The zero-order valence-corrected chi connectivity index (χ0v) is 22.5. The Morgan fingerprint density at radius 2 is 1.70 bits per heavy atom. The van der Waals surface area contributed by atoms with Crippen molar-refractivity contribution in [1.29, 1.82) is 0 Å². The minimum Gasteiger partial charge on any atom is -0.503 e. The predicted molar refractivity (Wildman–Crippen MR) is 133 cm³/mol. The molecule has 202 valence electrons. The summed E-state index contributed by atoms with van der Waals surface area (Å²) in [5, 5.41) is 21.9. The van der Waals surface area contributed by atoms with Crippen LogP contribution < -0.4 is 14.2 Å². The van der Waals surface area contributed by atoms with Gasteiger partial charge in [0.05, 0.1) is 27.4 Å². The van der Waals surface area contributed by atoms with Gasteiger partial charge in [0.1, 0.15) is 16.6 Å². The molecule has 0 bridgehead atoms. The van der Waals surface area contributed by atoms with Crippen molar-refractivity contribution in [2.45, 2.75) is 37.3 Å². The molecule has 2 aliphatic heterocycles. The van der Waals surface area contributed by atoms with Gasteiger partial charge >= 0.3 is 5.97 Å². The van der Waals surface area contributed by atoms with E-state index < -0.39 is 39.6 Å². The molecule has 1 unspecified atom stereocenters. The van der Waals surface area contributed by atoms with Gasteiger partial charge in [-0.25, -0.2) is 13.2 Å². The van der Waals surface area contributed by atoms with Gasteiger partial charge in [0.25, 0.3) is 0 Å². The number of hydrogen-bond donors (Lipinski definition) is 2. The lowest BCUT2D eigenvalue weighted by Gasteiger charge is -2.39. The summed E-state index contributed by atoms with van der Waals surface area (Å²) in [5.41, 5.74) is 1.38. The molecular formula is C25H32N2O9S. The van der Waals surface area contributed by atoms with Crippen LogP contribution in [-0.4, -0.2) is 81.8 Å². The third-order valence-corrected chi connectivity index (χ3v) is 9.25. The van der Waals surface area contributed by atoms with Crippen molar-refractivity contribution in [2.75, 3.05) is 48.0 Å². The van der Waals surface area contributed by atoms with Gasteiger partial charge < -0.3 is 29.2 Å². The highest BCUT2D eigenvalue weighted by Crippen LogP contribution is 2.56. The molecule has 2 aromatic rings. The Morgan fingerprint density at radius 3 is 2.27 bits per heavy atom. The van der Waals surface area contributed by atoms with E-state index in [1.165, 1.54) is 25.6 Å². The second-order valence-electron chi connectivity index (χ2n) is 8.81. The largest absolute Gasteiger partial charge is 0.503 e. The fourth-order valence-corrected chi connectivity index (χ4v) is 7.18. The number of aromatic hydroxyl groups is 2. The summed E-state index contributed by atoms with van der Waals surface area (Å²) in [7, 11) is 1.85. The summed E-state index contributed by atoms with van der Waals surface area (Å²) in [6.07, 6.45) is -0.629. The van der Waals surface area contributed by atoms with Crippen molar-refractivity contribution in [1.82, 2.24) is 9.21 Å². The Bertz CT molecular complexity index is 1340. The zero-order chi connectivity index (χ0) is 27.2. The molecule has 11 nitrogen and oxygen atoms in total. The number of fused-ring (bicyclic) bond motifs is 2. The van der Waals surface area contributed by atoms with Gasteiger partial charge in [0, 0.05) is 30.8 Å². The van der Waals surface area contributed by atoms with E-state index in [0.29, 0.717) is 29.0 Å². The topological polar surface area (TPSA) is 135 Å². The normalized spacial score (nSPS) is 19.4. The van der Waals surface area contributed by atoms with Crippen molar-refractivity contribution in [2.24, 2.45) is 0 Å². The van der Waals surface area contributed by atoms with Crippen LogP contribution in [-0.2, 0) is 21.2 Å². The van der Waals surface area contributed by atoms with E-state index in [1.807, 2.05) is 11.9 Å². The number of cyclic esters (lactones) is 1. The van der Waals surface area contributed by atoms with Crippen molar-refractivity contribution in [3.05, 3.63) is 34.4 Å². The first-order chi connectivity index (χ1) is 17.6. The average molecular weight is 537 g/mol. The number of methoxy groups -OCH3 is 3. The fraction of sp³-hybridized carbons (Fsp3) is 0.480. The summed E-state index contributed by atoms with van der Waals surface area (Å²) in [4.78, 5) is 14.6. The maximum absolute atomic E-state index is 13.6. The van der Waals surface area contributed by atoms with Crippen LogP contribution in [0.4, 0.5) is 0 Å². The number of esters is 1. The van der Waals surface area contributed by atoms with Gasteiger partial charge in [-0.1, -0.05) is 19.9 Å². The van der Waals surface area contributed by atoms with Gasteiger partial charge in [-0.05, 0) is 25.1 Å². The minimum absolute atomic E-state index is 0.0764. The van der Waals surface area contributed by atoms with E-state index in [4.69, 9.17) is 18.9 Å². The highest BCUT2D eigenvalue weighted by atomic mass is 32.2. The smallest absolute Gasteiger partial charge is 0.343 e. The van der Waals surface area contributed by atoms with Crippen LogP contribution in [0.5, 0.6) is 28.7 Å². The van der Waals surface area contributed by atoms with Crippen LogP contribution in [0.2, 0.25) is 0 Å². The zero-order valence-electron chi connectivity index (χ0n) is 21.7. The molecule has 37 heavy (non-hydrogen) atoms. The van der Waals surface area contributed by atoms with Crippen LogP contribution in [0.25, 0.3) is 0 Å². The van der Waals surface area contributed by atoms with Gasteiger partial charge in [-0.2, -0.15) is 4.31 Å². The molecule has 0 aliphatic carbocycles. The predicted octanol–water partition coefficient (Wildman–Crippen LogP) is 2.59. The second kappa shape index (κ2) is 9.92. The minimum atomic E-state index is -4.17. The standard InChI is InChI=1S/C25H32N2O9S/c1-7-27(8-2)37(31,32)24-14-11-12-26(3)18(16(14)23(35-6)19(28)20(24)29)21-13-9-10-15(33-4)22(34-5)17(13)25(30)36-21/h9-10,18,21,28-29H,7-8,11-12H2,1-6H3/t18-,21?/m1/s1. The number of carbonyl (C=O) groups excluding carboxylic acids is 1. The van der Waals surface area contributed by atoms with Gasteiger partial charge in [0.2, 0.25) is 15.8 Å². The highest BCUT2D eigenvalue weighted by Gasteiger charge is 2.47. The number of phenols is 2. The number of likely N-dealkylation sites (N-methyl/N-ethyl adjacent to an activating group) is 1. The van der Waals surface area contributed by atoms with E-state index in [-0.39, 0.29) is 41.5 Å². The van der Waals surface area contributed by atoms with Crippen LogP contribution in [0.15, 0.2) is 17.0 Å². The number of ether oxygens (including phenoxy) is 4. The molecule has 0 aromatic heterocycles. The van der Waals surface area contributed by atoms with E-state index in [9.17, 15) is 23.4 Å². The van der Waals surface area contributed by atoms with Crippen molar-refractivity contribution in [3.8, 4) is 28.7 Å². The van der Waals surface area contributed by atoms with Gasteiger partial charge in [-0.15, -0.1) is 0 Å². The first kappa shape index (κ1) is 26.8. The molecule has 2 N–H and O–H groups in total. The molecule has 2 aromatic carbocycles. The van der Waals surface area contributed by atoms with Crippen molar-refractivity contribution < 1.29 is 42.4 Å². The van der Waals surface area contributed by atoms with Crippen LogP contribution in [0, 0.1) is 0 Å². The quantitative estimate of drug-likeness (QED) is 0.383.